The highest BCUT2D eigenvalue weighted by atomic mass is 35.5. The Morgan fingerprint density at radius 1 is 0.947 bits per heavy atom. The lowest BCUT2D eigenvalue weighted by molar-refractivity contribution is 0.516. The lowest BCUT2D eigenvalue weighted by atomic mass is 10.2. The standard InChI is InChI=1S/C15H10ClNO2/c16-12-8-6-11(7-9-12)14-10-17(15(18)19-14)13-4-2-1-3-5-13/h1-10H. The van der Waals surface area contributed by atoms with E-state index in [9.17, 15) is 4.79 Å². The molecule has 4 heteroatoms. The minimum atomic E-state index is -0.406. The normalized spacial score (nSPS) is 10.6. The molecule has 0 saturated carbocycles. The number of hydrogen-bond acceptors (Lipinski definition) is 2. The van der Waals surface area contributed by atoms with Crippen molar-refractivity contribution in [1.82, 2.24) is 4.57 Å². The Labute approximate surface area is 114 Å². The van der Waals surface area contributed by atoms with Gasteiger partial charge in [0.05, 0.1) is 11.9 Å². The molecule has 0 fully saturated rings. The topological polar surface area (TPSA) is 35.1 Å². The molecule has 0 aliphatic heterocycles. The maximum Gasteiger partial charge on any atom is 0.424 e. The lowest BCUT2D eigenvalue weighted by Gasteiger charge is -1.97. The molecule has 0 N–H and O–H groups in total. The summed E-state index contributed by atoms with van der Waals surface area (Å²) in [4.78, 5) is 11.9. The van der Waals surface area contributed by atoms with Gasteiger partial charge in [-0.15, -0.1) is 0 Å². The SMILES string of the molecule is O=c1oc(-c2ccc(Cl)cc2)cn1-c1ccccc1. The number of nitrogens with zero attached hydrogens (tertiary/aromatic N) is 1. The van der Waals surface area contributed by atoms with Crippen LogP contribution < -0.4 is 5.76 Å². The van der Waals surface area contributed by atoms with Gasteiger partial charge >= 0.3 is 5.76 Å². The Kier molecular flexibility index (Phi) is 2.97. The van der Waals surface area contributed by atoms with Gasteiger partial charge in [0, 0.05) is 10.6 Å². The first-order valence-electron chi connectivity index (χ1n) is 5.78. The summed E-state index contributed by atoms with van der Waals surface area (Å²) >= 11 is 5.83. The van der Waals surface area contributed by atoms with E-state index in [1.165, 1.54) is 4.57 Å². The number of benzene rings is 2. The maximum atomic E-state index is 11.9. The van der Waals surface area contributed by atoms with Crippen molar-refractivity contribution in [1.29, 1.82) is 0 Å². The van der Waals surface area contributed by atoms with Gasteiger partial charge in [-0.1, -0.05) is 29.8 Å². The van der Waals surface area contributed by atoms with Crippen LogP contribution in [0.3, 0.4) is 0 Å². The molecule has 1 aromatic heterocycles. The fraction of sp³-hybridized carbons (Fsp3) is 0. The number of para-hydroxylation sites is 1. The minimum absolute atomic E-state index is 0.406. The molecule has 1 heterocycles. The molecule has 0 unspecified atom stereocenters. The third-order valence-electron chi connectivity index (χ3n) is 2.80. The van der Waals surface area contributed by atoms with Crippen molar-refractivity contribution in [3.05, 3.63) is 76.4 Å². The molecule has 3 nitrogen and oxygen atoms in total. The molecule has 0 atom stereocenters. The third kappa shape index (κ3) is 2.33. The summed E-state index contributed by atoms with van der Waals surface area (Å²) in [5.41, 5.74) is 1.59. The average Bonchev–Trinajstić information content (AvgIpc) is 2.83. The highest BCUT2D eigenvalue weighted by Gasteiger charge is 2.09. The van der Waals surface area contributed by atoms with Gasteiger partial charge in [-0.05, 0) is 36.4 Å². The van der Waals surface area contributed by atoms with Gasteiger partial charge in [0.1, 0.15) is 0 Å². The molecule has 0 spiro atoms. The Morgan fingerprint density at radius 2 is 1.63 bits per heavy atom. The van der Waals surface area contributed by atoms with Gasteiger partial charge in [0.2, 0.25) is 0 Å². The second kappa shape index (κ2) is 4.78. The summed E-state index contributed by atoms with van der Waals surface area (Å²) in [5, 5.41) is 0.647. The molecule has 94 valence electrons. The Hall–Kier alpha value is -2.26. The van der Waals surface area contributed by atoms with Crippen LogP contribution in [0.5, 0.6) is 0 Å². The largest absolute Gasteiger partial charge is 0.424 e. The van der Waals surface area contributed by atoms with Crippen LogP contribution in [-0.2, 0) is 0 Å². The van der Waals surface area contributed by atoms with Gasteiger partial charge < -0.3 is 4.42 Å². The van der Waals surface area contributed by atoms with Crippen LogP contribution in [0.4, 0.5) is 0 Å². The van der Waals surface area contributed by atoms with Crippen LogP contribution in [0.15, 0.2) is 70.0 Å². The van der Waals surface area contributed by atoms with E-state index in [1.807, 2.05) is 42.5 Å². The Balaban J connectivity index is 2.07. The summed E-state index contributed by atoms with van der Waals surface area (Å²) in [7, 11) is 0. The quantitative estimate of drug-likeness (QED) is 0.711. The number of hydrogen-bond donors (Lipinski definition) is 0. The molecule has 0 amide bonds. The second-order valence-electron chi connectivity index (χ2n) is 4.07. The van der Waals surface area contributed by atoms with Crippen molar-refractivity contribution in [2.75, 3.05) is 0 Å². The number of oxazole rings is 1. The zero-order chi connectivity index (χ0) is 13.2. The van der Waals surface area contributed by atoms with Crippen LogP contribution in [0.25, 0.3) is 17.0 Å². The smallest absolute Gasteiger partial charge is 0.407 e. The minimum Gasteiger partial charge on any atom is -0.407 e. The molecule has 2 aromatic carbocycles. The van der Waals surface area contributed by atoms with Crippen LogP contribution >= 0.6 is 11.6 Å². The average molecular weight is 272 g/mol. The Bertz CT molecular complexity index is 742. The number of rotatable bonds is 2. The molecule has 0 saturated heterocycles. The fourth-order valence-corrected chi connectivity index (χ4v) is 1.98. The molecule has 0 radical (unpaired) electrons. The Morgan fingerprint density at radius 3 is 2.32 bits per heavy atom. The molecule has 3 rings (SSSR count). The third-order valence-corrected chi connectivity index (χ3v) is 3.06. The lowest BCUT2D eigenvalue weighted by Crippen LogP contribution is -2.10. The van der Waals surface area contributed by atoms with E-state index < -0.39 is 5.76 Å². The van der Waals surface area contributed by atoms with Gasteiger partial charge in [-0.3, -0.25) is 0 Å². The zero-order valence-corrected chi connectivity index (χ0v) is 10.7. The van der Waals surface area contributed by atoms with Gasteiger partial charge in [0.25, 0.3) is 0 Å². The van der Waals surface area contributed by atoms with Crippen LogP contribution in [0.1, 0.15) is 0 Å². The van der Waals surface area contributed by atoms with Gasteiger partial charge in [-0.25, -0.2) is 9.36 Å². The van der Waals surface area contributed by atoms with E-state index in [-0.39, 0.29) is 0 Å². The van der Waals surface area contributed by atoms with E-state index in [1.54, 1.807) is 18.3 Å². The first kappa shape index (κ1) is 11.8. The molecular formula is C15H10ClNO2. The van der Waals surface area contributed by atoms with Crippen molar-refractivity contribution >= 4 is 11.6 Å². The van der Waals surface area contributed by atoms with E-state index in [0.717, 1.165) is 11.3 Å². The van der Waals surface area contributed by atoms with E-state index >= 15 is 0 Å². The van der Waals surface area contributed by atoms with Crippen LogP contribution in [0, 0.1) is 0 Å². The van der Waals surface area contributed by atoms with Crippen LogP contribution in [0.2, 0.25) is 5.02 Å². The first-order chi connectivity index (χ1) is 9.24. The number of aromatic nitrogens is 1. The second-order valence-corrected chi connectivity index (χ2v) is 4.51. The highest BCUT2D eigenvalue weighted by Crippen LogP contribution is 2.21. The summed E-state index contributed by atoms with van der Waals surface area (Å²) in [6.07, 6.45) is 1.68. The first-order valence-corrected chi connectivity index (χ1v) is 6.16. The summed E-state index contributed by atoms with van der Waals surface area (Å²) < 4.78 is 6.74. The number of halogens is 1. The van der Waals surface area contributed by atoms with E-state index in [2.05, 4.69) is 0 Å². The molecule has 0 aliphatic rings. The predicted octanol–water partition coefficient (Wildman–Crippen LogP) is 3.75. The fourth-order valence-electron chi connectivity index (χ4n) is 1.86. The van der Waals surface area contributed by atoms with Crippen molar-refractivity contribution in [2.45, 2.75) is 0 Å². The van der Waals surface area contributed by atoms with Crippen molar-refractivity contribution in [2.24, 2.45) is 0 Å². The van der Waals surface area contributed by atoms with Crippen LogP contribution in [-0.4, -0.2) is 4.57 Å². The molecule has 0 aliphatic carbocycles. The maximum absolute atomic E-state index is 11.9. The monoisotopic (exact) mass is 271 g/mol. The molecule has 0 bridgehead atoms. The van der Waals surface area contributed by atoms with E-state index in [0.29, 0.717) is 10.8 Å². The highest BCUT2D eigenvalue weighted by molar-refractivity contribution is 6.30. The van der Waals surface area contributed by atoms with Gasteiger partial charge in [-0.2, -0.15) is 0 Å². The predicted molar refractivity (Wildman–Crippen MR) is 74.8 cm³/mol. The van der Waals surface area contributed by atoms with E-state index in [4.69, 9.17) is 16.0 Å². The molecule has 19 heavy (non-hydrogen) atoms. The zero-order valence-electron chi connectivity index (χ0n) is 9.92. The molecule has 3 aromatic rings. The van der Waals surface area contributed by atoms with Crippen molar-refractivity contribution < 1.29 is 4.42 Å². The van der Waals surface area contributed by atoms with Crippen molar-refractivity contribution in [3.63, 3.8) is 0 Å². The summed E-state index contributed by atoms with van der Waals surface area (Å²) in [5.74, 6) is 0.113. The van der Waals surface area contributed by atoms with Crippen molar-refractivity contribution in [3.8, 4) is 17.0 Å². The summed E-state index contributed by atoms with van der Waals surface area (Å²) in [6, 6.07) is 16.5. The summed E-state index contributed by atoms with van der Waals surface area (Å²) in [6.45, 7) is 0. The molecular weight excluding hydrogens is 262 g/mol. The van der Waals surface area contributed by atoms with Gasteiger partial charge in [0.15, 0.2) is 5.76 Å².